The largest absolute Gasteiger partial charge is 0.295 e. The number of aromatic nitrogens is 2. The van der Waals surface area contributed by atoms with Gasteiger partial charge in [-0.2, -0.15) is 5.10 Å². The summed E-state index contributed by atoms with van der Waals surface area (Å²) in [5.74, 6) is -0.599. The van der Waals surface area contributed by atoms with Crippen molar-refractivity contribution in [3.05, 3.63) is 70.4 Å². The summed E-state index contributed by atoms with van der Waals surface area (Å²) in [6, 6.07) is 15.4. The van der Waals surface area contributed by atoms with Crippen molar-refractivity contribution in [3.8, 4) is 16.9 Å². The molecule has 24 heavy (non-hydrogen) atoms. The van der Waals surface area contributed by atoms with Gasteiger partial charge in [-0.3, -0.25) is 10.0 Å². The van der Waals surface area contributed by atoms with Crippen molar-refractivity contribution in [2.24, 2.45) is 0 Å². The van der Waals surface area contributed by atoms with Crippen LogP contribution in [-0.4, -0.2) is 20.9 Å². The number of hydroxylamine groups is 1. The molecule has 1 amide bonds. The molecule has 6 heteroatoms. The first-order valence-electron chi connectivity index (χ1n) is 7.59. The molecule has 4 rings (SSSR count). The van der Waals surface area contributed by atoms with E-state index >= 15 is 0 Å². The van der Waals surface area contributed by atoms with Gasteiger partial charge in [-0.25, -0.2) is 10.2 Å². The molecule has 5 nitrogen and oxygen atoms in total. The Balaban J connectivity index is 2.01. The maximum absolute atomic E-state index is 12.0. The maximum atomic E-state index is 12.0. The molecule has 1 aliphatic rings. The van der Waals surface area contributed by atoms with Gasteiger partial charge in [-0.1, -0.05) is 35.9 Å². The Kier molecular flexibility index (Phi) is 3.59. The molecule has 0 spiro atoms. The Morgan fingerprint density at radius 1 is 1.17 bits per heavy atom. The monoisotopic (exact) mass is 339 g/mol. The molecule has 1 aromatic heterocycles. The zero-order chi connectivity index (χ0) is 16.7. The van der Waals surface area contributed by atoms with Gasteiger partial charge in [-0.05, 0) is 42.7 Å². The van der Waals surface area contributed by atoms with Gasteiger partial charge in [0.05, 0.1) is 11.4 Å². The molecule has 120 valence electrons. The van der Waals surface area contributed by atoms with E-state index in [0.29, 0.717) is 11.4 Å². The molecular formula is C18H14ClN3O2. The molecule has 1 aliphatic carbocycles. The average molecular weight is 340 g/mol. The van der Waals surface area contributed by atoms with Crippen molar-refractivity contribution in [3.63, 3.8) is 0 Å². The molecule has 0 saturated heterocycles. The van der Waals surface area contributed by atoms with Gasteiger partial charge in [0.25, 0.3) is 5.91 Å². The van der Waals surface area contributed by atoms with E-state index < -0.39 is 5.91 Å². The Morgan fingerprint density at radius 2 is 1.96 bits per heavy atom. The van der Waals surface area contributed by atoms with Crippen LogP contribution in [0.2, 0.25) is 5.02 Å². The summed E-state index contributed by atoms with van der Waals surface area (Å²) < 4.78 is 1.76. The highest BCUT2D eigenvalue weighted by atomic mass is 35.5. The minimum Gasteiger partial charge on any atom is -0.288 e. The molecule has 0 radical (unpaired) electrons. The fourth-order valence-electron chi connectivity index (χ4n) is 3.22. The van der Waals surface area contributed by atoms with Crippen LogP contribution in [0.3, 0.4) is 0 Å². The van der Waals surface area contributed by atoms with E-state index in [0.717, 1.165) is 34.5 Å². The number of rotatable bonds is 2. The predicted octanol–water partition coefficient (Wildman–Crippen LogP) is 3.41. The van der Waals surface area contributed by atoms with Crippen molar-refractivity contribution in [2.75, 3.05) is 0 Å². The SMILES string of the molecule is O=C(NO)c1nn(-c2ccccc2)c2c1CCc1cc(Cl)ccc1-2. The van der Waals surface area contributed by atoms with Gasteiger partial charge >= 0.3 is 0 Å². The number of nitrogens with zero attached hydrogens (tertiary/aromatic N) is 2. The molecule has 2 aromatic carbocycles. The number of hydrogen-bond donors (Lipinski definition) is 2. The number of nitrogens with one attached hydrogen (secondary N) is 1. The predicted molar refractivity (Wildman–Crippen MR) is 90.7 cm³/mol. The second-order valence-electron chi connectivity index (χ2n) is 5.67. The average Bonchev–Trinajstić information content (AvgIpc) is 3.01. The fraction of sp³-hybridized carbons (Fsp3) is 0.111. The number of carbonyl (C=O) groups excluding carboxylic acids is 1. The molecule has 0 aliphatic heterocycles. The number of para-hydroxylation sites is 1. The third-order valence-electron chi connectivity index (χ3n) is 4.27. The lowest BCUT2D eigenvalue weighted by atomic mass is 9.88. The third-order valence-corrected chi connectivity index (χ3v) is 4.50. The van der Waals surface area contributed by atoms with Gasteiger partial charge in [0.1, 0.15) is 0 Å². The van der Waals surface area contributed by atoms with Gasteiger partial charge in [0, 0.05) is 16.1 Å². The molecule has 1 heterocycles. The third kappa shape index (κ3) is 2.29. The molecular weight excluding hydrogens is 326 g/mol. The summed E-state index contributed by atoms with van der Waals surface area (Å²) in [7, 11) is 0. The molecule has 2 N–H and O–H groups in total. The normalized spacial score (nSPS) is 12.4. The number of halogens is 1. The Bertz CT molecular complexity index is 935. The molecule has 0 saturated carbocycles. The Morgan fingerprint density at radius 3 is 2.71 bits per heavy atom. The molecule has 0 unspecified atom stereocenters. The topological polar surface area (TPSA) is 67.2 Å². The van der Waals surface area contributed by atoms with Crippen molar-refractivity contribution < 1.29 is 10.0 Å². The van der Waals surface area contributed by atoms with E-state index in [1.807, 2.05) is 48.5 Å². The van der Waals surface area contributed by atoms with Crippen LogP contribution in [0, 0.1) is 0 Å². The Hall–Kier alpha value is -2.63. The first kappa shape index (κ1) is 14.9. The standard InChI is InChI=1S/C18H14ClN3O2/c19-12-7-9-14-11(10-12)6-8-15-16(18(23)21-24)20-22(17(14)15)13-4-2-1-3-5-13/h1-5,7,9-10,24H,6,8H2,(H,21,23). The van der Waals surface area contributed by atoms with Crippen molar-refractivity contribution >= 4 is 17.5 Å². The van der Waals surface area contributed by atoms with E-state index in [1.165, 1.54) is 0 Å². The molecule has 0 fully saturated rings. The van der Waals surface area contributed by atoms with Gasteiger partial charge in [-0.15, -0.1) is 0 Å². The number of fused-ring (bicyclic) bond motifs is 3. The second kappa shape index (κ2) is 5.78. The van der Waals surface area contributed by atoms with Gasteiger partial charge in [0.2, 0.25) is 0 Å². The zero-order valence-corrected chi connectivity index (χ0v) is 13.4. The number of carbonyl (C=O) groups is 1. The van der Waals surface area contributed by atoms with Crippen LogP contribution >= 0.6 is 11.6 Å². The van der Waals surface area contributed by atoms with E-state index in [1.54, 1.807) is 10.2 Å². The highest BCUT2D eigenvalue weighted by Gasteiger charge is 2.28. The number of benzene rings is 2. The van der Waals surface area contributed by atoms with E-state index in [9.17, 15) is 4.79 Å². The van der Waals surface area contributed by atoms with Crippen LogP contribution in [-0.2, 0) is 12.8 Å². The fourth-order valence-corrected chi connectivity index (χ4v) is 3.41. The van der Waals surface area contributed by atoms with Crippen LogP contribution in [0.15, 0.2) is 48.5 Å². The molecule has 0 bridgehead atoms. The summed E-state index contributed by atoms with van der Waals surface area (Å²) in [6.07, 6.45) is 1.44. The van der Waals surface area contributed by atoms with Crippen molar-refractivity contribution in [2.45, 2.75) is 12.8 Å². The van der Waals surface area contributed by atoms with E-state index in [4.69, 9.17) is 16.8 Å². The lowest BCUT2D eigenvalue weighted by Gasteiger charge is -2.19. The molecule has 0 atom stereocenters. The molecule has 3 aromatic rings. The smallest absolute Gasteiger partial charge is 0.288 e. The quantitative estimate of drug-likeness (QED) is 0.555. The highest BCUT2D eigenvalue weighted by molar-refractivity contribution is 6.30. The van der Waals surface area contributed by atoms with Crippen LogP contribution in [0.1, 0.15) is 21.6 Å². The van der Waals surface area contributed by atoms with Crippen LogP contribution in [0.5, 0.6) is 0 Å². The summed E-state index contributed by atoms with van der Waals surface area (Å²) in [4.78, 5) is 12.0. The first-order chi connectivity index (χ1) is 11.7. The summed E-state index contributed by atoms with van der Waals surface area (Å²) in [5, 5.41) is 14.2. The first-order valence-corrected chi connectivity index (χ1v) is 7.97. The number of hydrogen-bond acceptors (Lipinski definition) is 3. The highest BCUT2D eigenvalue weighted by Crippen LogP contribution is 2.37. The lowest BCUT2D eigenvalue weighted by Crippen LogP contribution is -2.21. The maximum Gasteiger partial charge on any atom is 0.295 e. The lowest BCUT2D eigenvalue weighted by molar-refractivity contribution is 0.0699. The second-order valence-corrected chi connectivity index (χ2v) is 6.10. The number of aryl methyl sites for hydroxylation is 1. The van der Waals surface area contributed by atoms with E-state index in [2.05, 4.69) is 5.10 Å². The van der Waals surface area contributed by atoms with Crippen molar-refractivity contribution in [1.29, 1.82) is 0 Å². The van der Waals surface area contributed by atoms with Crippen LogP contribution in [0.4, 0.5) is 0 Å². The summed E-state index contributed by atoms with van der Waals surface area (Å²) >= 11 is 6.12. The minimum atomic E-state index is -0.599. The summed E-state index contributed by atoms with van der Waals surface area (Å²) in [6.45, 7) is 0. The Labute approximate surface area is 143 Å². The van der Waals surface area contributed by atoms with Crippen LogP contribution < -0.4 is 5.48 Å². The van der Waals surface area contributed by atoms with Crippen LogP contribution in [0.25, 0.3) is 16.9 Å². The zero-order valence-electron chi connectivity index (χ0n) is 12.7. The van der Waals surface area contributed by atoms with Gasteiger partial charge < -0.3 is 0 Å². The van der Waals surface area contributed by atoms with E-state index in [-0.39, 0.29) is 5.69 Å². The number of amides is 1. The summed E-state index contributed by atoms with van der Waals surface area (Å²) in [5.41, 5.74) is 6.64. The van der Waals surface area contributed by atoms with Gasteiger partial charge in [0.15, 0.2) is 5.69 Å². The van der Waals surface area contributed by atoms with Crippen molar-refractivity contribution in [1.82, 2.24) is 15.3 Å². The minimum absolute atomic E-state index is 0.247.